The van der Waals surface area contributed by atoms with Crippen LogP contribution in [0.3, 0.4) is 0 Å². The smallest absolute Gasteiger partial charge is 0.0884 e. The molecule has 0 aliphatic heterocycles. The van der Waals surface area contributed by atoms with Gasteiger partial charge in [0, 0.05) is 9.75 Å². The van der Waals surface area contributed by atoms with Crippen molar-refractivity contribution in [3.8, 4) is 0 Å². The maximum Gasteiger partial charge on any atom is 0.0884 e. The van der Waals surface area contributed by atoms with Gasteiger partial charge in [-0.15, -0.1) is 11.3 Å². The van der Waals surface area contributed by atoms with Crippen molar-refractivity contribution in [1.29, 1.82) is 0 Å². The van der Waals surface area contributed by atoms with E-state index in [4.69, 9.17) is 0 Å². The molecule has 0 aliphatic rings. The molecule has 0 bridgehead atoms. The van der Waals surface area contributed by atoms with Crippen LogP contribution in [0, 0.1) is 5.92 Å². The van der Waals surface area contributed by atoms with E-state index in [1.165, 1.54) is 30.6 Å². The number of hydrogen-bond donors (Lipinski definition) is 1. The van der Waals surface area contributed by atoms with E-state index in [-0.39, 0.29) is 6.10 Å². The first-order valence-corrected chi connectivity index (χ1v) is 7.79. The second-order valence-corrected chi connectivity index (χ2v) is 6.03. The lowest BCUT2D eigenvalue weighted by molar-refractivity contribution is 0.142. The summed E-state index contributed by atoms with van der Waals surface area (Å²) in [5.74, 6) is 0.678. The van der Waals surface area contributed by atoms with Gasteiger partial charge in [0.1, 0.15) is 0 Å². The number of rotatable bonds is 8. The van der Waals surface area contributed by atoms with Crippen molar-refractivity contribution in [2.75, 3.05) is 0 Å². The van der Waals surface area contributed by atoms with Gasteiger partial charge in [-0.2, -0.15) is 0 Å². The Hall–Kier alpha value is -0.340. The number of hydrogen-bond acceptors (Lipinski definition) is 2. The highest BCUT2D eigenvalue weighted by Gasteiger charge is 2.15. The lowest BCUT2D eigenvalue weighted by atomic mass is 9.93. The second-order valence-electron chi connectivity index (χ2n) is 4.83. The molecule has 1 nitrogen and oxygen atoms in total. The molecule has 1 N–H and O–H groups in total. The standard InChI is InChI=1S/C15H26OS/c1-4-7-8-12(5-2)11-14(16)15-10-9-13(6-3)17-15/h9-10,12,14,16H,4-8,11H2,1-3H3. The number of thiophene rings is 1. The third-order valence-electron chi connectivity index (χ3n) is 3.46. The summed E-state index contributed by atoms with van der Waals surface area (Å²) < 4.78 is 0. The molecule has 0 aromatic carbocycles. The maximum absolute atomic E-state index is 10.2. The fourth-order valence-corrected chi connectivity index (χ4v) is 3.13. The summed E-state index contributed by atoms with van der Waals surface area (Å²) in [6.45, 7) is 6.63. The minimum atomic E-state index is -0.248. The van der Waals surface area contributed by atoms with Crippen LogP contribution in [0.4, 0.5) is 0 Å². The predicted octanol–water partition coefficient (Wildman–Crippen LogP) is 4.95. The van der Waals surface area contributed by atoms with Crippen LogP contribution in [0.2, 0.25) is 0 Å². The summed E-state index contributed by atoms with van der Waals surface area (Å²) in [5, 5.41) is 10.2. The molecule has 0 saturated heterocycles. The van der Waals surface area contributed by atoms with Crippen LogP contribution in [0.5, 0.6) is 0 Å². The molecule has 17 heavy (non-hydrogen) atoms. The minimum Gasteiger partial charge on any atom is -0.388 e. The molecule has 0 fully saturated rings. The van der Waals surface area contributed by atoms with E-state index in [1.54, 1.807) is 11.3 Å². The SMILES string of the molecule is CCCCC(CC)CC(O)c1ccc(CC)s1. The first-order valence-electron chi connectivity index (χ1n) is 6.97. The number of aliphatic hydroxyl groups is 1. The van der Waals surface area contributed by atoms with Crippen molar-refractivity contribution in [2.45, 2.75) is 65.4 Å². The Morgan fingerprint density at radius 1 is 1.24 bits per heavy atom. The largest absolute Gasteiger partial charge is 0.388 e. The summed E-state index contributed by atoms with van der Waals surface area (Å²) in [4.78, 5) is 2.53. The zero-order valence-electron chi connectivity index (χ0n) is 11.4. The number of aryl methyl sites for hydroxylation is 1. The average molecular weight is 254 g/mol. The van der Waals surface area contributed by atoms with E-state index in [0.29, 0.717) is 5.92 Å². The van der Waals surface area contributed by atoms with Crippen LogP contribution in [0.1, 0.15) is 68.7 Å². The van der Waals surface area contributed by atoms with Crippen molar-refractivity contribution in [2.24, 2.45) is 5.92 Å². The van der Waals surface area contributed by atoms with Gasteiger partial charge < -0.3 is 5.11 Å². The Kier molecular flexibility index (Phi) is 6.83. The second kappa shape index (κ2) is 7.88. The van der Waals surface area contributed by atoms with Crippen molar-refractivity contribution in [3.63, 3.8) is 0 Å². The van der Waals surface area contributed by atoms with Crippen molar-refractivity contribution >= 4 is 11.3 Å². The molecule has 1 heterocycles. The highest BCUT2D eigenvalue weighted by molar-refractivity contribution is 7.12. The lowest BCUT2D eigenvalue weighted by Crippen LogP contribution is -2.05. The van der Waals surface area contributed by atoms with Crippen LogP contribution in [0.25, 0.3) is 0 Å². The molecule has 1 aromatic rings. The van der Waals surface area contributed by atoms with E-state index in [9.17, 15) is 5.11 Å². The van der Waals surface area contributed by atoms with E-state index in [1.807, 2.05) is 0 Å². The molecular weight excluding hydrogens is 228 g/mol. The molecule has 0 aliphatic carbocycles. The lowest BCUT2D eigenvalue weighted by Gasteiger charge is -2.17. The summed E-state index contributed by atoms with van der Waals surface area (Å²) in [5.41, 5.74) is 0. The Labute approximate surface area is 110 Å². The van der Waals surface area contributed by atoms with E-state index in [0.717, 1.165) is 17.7 Å². The molecule has 98 valence electrons. The van der Waals surface area contributed by atoms with Crippen molar-refractivity contribution < 1.29 is 5.11 Å². The van der Waals surface area contributed by atoms with Crippen molar-refractivity contribution in [3.05, 3.63) is 21.9 Å². The third-order valence-corrected chi connectivity index (χ3v) is 4.79. The summed E-state index contributed by atoms with van der Waals surface area (Å²) >= 11 is 1.77. The van der Waals surface area contributed by atoms with E-state index >= 15 is 0 Å². The van der Waals surface area contributed by atoms with Gasteiger partial charge in [0.2, 0.25) is 0 Å². The minimum absolute atomic E-state index is 0.248. The molecule has 1 aromatic heterocycles. The quantitative estimate of drug-likeness (QED) is 0.696. The summed E-state index contributed by atoms with van der Waals surface area (Å²) in [6.07, 6.45) is 6.74. The number of aliphatic hydroxyl groups excluding tert-OH is 1. The first kappa shape index (κ1) is 14.7. The predicted molar refractivity (Wildman–Crippen MR) is 76.6 cm³/mol. The molecular formula is C15H26OS. The Morgan fingerprint density at radius 3 is 2.53 bits per heavy atom. The van der Waals surface area contributed by atoms with Crippen LogP contribution in [-0.2, 0) is 6.42 Å². The Balaban J connectivity index is 2.48. The van der Waals surface area contributed by atoms with Gasteiger partial charge in [0.15, 0.2) is 0 Å². The fourth-order valence-electron chi connectivity index (χ4n) is 2.18. The topological polar surface area (TPSA) is 20.2 Å². The highest BCUT2D eigenvalue weighted by atomic mass is 32.1. The Morgan fingerprint density at radius 2 is 2.00 bits per heavy atom. The van der Waals surface area contributed by atoms with Gasteiger partial charge in [-0.25, -0.2) is 0 Å². The maximum atomic E-state index is 10.2. The molecule has 0 amide bonds. The zero-order valence-corrected chi connectivity index (χ0v) is 12.2. The van der Waals surface area contributed by atoms with Crippen LogP contribution < -0.4 is 0 Å². The van der Waals surface area contributed by atoms with E-state index in [2.05, 4.69) is 32.9 Å². The third kappa shape index (κ3) is 4.81. The van der Waals surface area contributed by atoms with Crippen LogP contribution in [0.15, 0.2) is 12.1 Å². The normalized spacial score (nSPS) is 14.8. The number of unbranched alkanes of at least 4 members (excludes halogenated alkanes) is 1. The van der Waals surface area contributed by atoms with Gasteiger partial charge in [-0.1, -0.05) is 46.5 Å². The molecule has 0 spiro atoms. The Bertz CT molecular complexity index is 306. The first-order chi connectivity index (χ1) is 8.21. The summed E-state index contributed by atoms with van der Waals surface area (Å²) in [7, 11) is 0. The van der Waals surface area contributed by atoms with Gasteiger partial charge >= 0.3 is 0 Å². The molecule has 1 rings (SSSR count). The zero-order chi connectivity index (χ0) is 12.7. The van der Waals surface area contributed by atoms with Crippen LogP contribution in [-0.4, -0.2) is 5.11 Å². The molecule has 2 atom stereocenters. The molecule has 2 heteroatoms. The molecule has 0 radical (unpaired) electrons. The summed E-state index contributed by atoms with van der Waals surface area (Å²) in [6, 6.07) is 4.25. The van der Waals surface area contributed by atoms with Gasteiger partial charge in [0.25, 0.3) is 0 Å². The van der Waals surface area contributed by atoms with Gasteiger partial charge in [-0.3, -0.25) is 0 Å². The average Bonchev–Trinajstić information content (AvgIpc) is 2.83. The fraction of sp³-hybridized carbons (Fsp3) is 0.733. The monoisotopic (exact) mass is 254 g/mol. The molecule has 2 unspecified atom stereocenters. The van der Waals surface area contributed by atoms with E-state index < -0.39 is 0 Å². The van der Waals surface area contributed by atoms with Gasteiger partial charge in [0.05, 0.1) is 6.10 Å². The highest BCUT2D eigenvalue weighted by Crippen LogP contribution is 2.30. The van der Waals surface area contributed by atoms with Crippen molar-refractivity contribution in [1.82, 2.24) is 0 Å². The van der Waals surface area contributed by atoms with Crippen LogP contribution >= 0.6 is 11.3 Å². The van der Waals surface area contributed by atoms with Gasteiger partial charge in [-0.05, 0) is 30.9 Å². The molecule has 0 saturated carbocycles.